The van der Waals surface area contributed by atoms with Crippen LogP contribution >= 0.6 is 0 Å². The molecule has 0 bridgehead atoms. The number of aldehydes is 1. The van der Waals surface area contributed by atoms with Crippen molar-refractivity contribution in [2.75, 3.05) is 5.73 Å². The Morgan fingerprint density at radius 3 is 2.75 bits per heavy atom. The van der Waals surface area contributed by atoms with Crippen LogP contribution in [0.3, 0.4) is 0 Å². The van der Waals surface area contributed by atoms with Crippen LogP contribution in [0, 0.1) is 0 Å². The van der Waals surface area contributed by atoms with Gasteiger partial charge < -0.3 is 15.6 Å². The molecule has 0 fully saturated rings. The number of anilines is 1. The van der Waals surface area contributed by atoms with Crippen molar-refractivity contribution in [1.29, 1.82) is 0 Å². The predicted molar refractivity (Wildman–Crippen MR) is 47.0 cm³/mol. The lowest BCUT2D eigenvalue weighted by Crippen LogP contribution is -1.95. The summed E-state index contributed by atoms with van der Waals surface area (Å²) in [6, 6.07) is 4.76. The lowest BCUT2D eigenvalue weighted by molar-refractivity contribution is -0.108. The van der Waals surface area contributed by atoms with Crippen LogP contribution < -0.4 is 5.73 Å². The lowest BCUT2D eigenvalue weighted by atomic mass is 10.0. The number of rotatable bonds is 2. The van der Waals surface area contributed by atoms with E-state index < -0.39 is 0 Å². The number of aromatic hydroxyl groups is 1. The topological polar surface area (TPSA) is 63.3 Å². The third kappa shape index (κ3) is 1.56. The van der Waals surface area contributed by atoms with Gasteiger partial charge in [-0.1, -0.05) is 13.0 Å². The molecule has 1 rings (SSSR count). The fraction of sp³-hybridized carbons (Fsp3) is 0.222. The number of carbonyl (C=O) groups is 1. The largest absolute Gasteiger partial charge is 0.508 e. The van der Waals surface area contributed by atoms with Gasteiger partial charge in [0.25, 0.3) is 0 Å². The fourth-order valence-corrected chi connectivity index (χ4v) is 1.02. The van der Waals surface area contributed by atoms with Crippen LogP contribution in [0.1, 0.15) is 18.4 Å². The molecule has 0 spiro atoms. The van der Waals surface area contributed by atoms with E-state index >= 15 is 0 Å². The van der Waals surface area contributed by atoms with Crippen molar-refractivity contribution >= 4 is 12.0 Å². The van der Waals surface area contributed by atoms with Gasteiger partial charge in [0.05, 0.1) is 0 Å². The van der Waals surface area contributed by atoms with Crippen LogP contribution in [0.25, 0.3) is 0 Å². The lowest BCUT2D eigenvalue weighted by Gasteiger charge is -2.06. The molecule has 64 valence electrons. The number of hydrogen-bond acceptors (Lipinski definition) is 3. The Balaban J connectivity index is 3.09. The van der Waals surface area contributed by atoms with Crippen molar-refractivity contribution in [2.45, 2.75) is 12.8 Å². The highest BCUT2D eigenvalue weighted by atomic mass is 16.3. The second-order valence-electron chi connectivity index (χ2n) is 2.74. The molecule has 0 aliphatic rings. The first kappa shape index (κ1) is 8.59. The molecule has 0 amide bonds. The number of carbonyl (C=O) groups excluding carboxylic acids is 1. The number of phenols is 1. The highest BCUT2D eigenvalue weighted by Crippen LogP contribution is 2.25. The summed E-state index contributed by atoms with van der Waals surface area (Å²) in [6.45, 7) is 1.72. The van der Waals surface area contributed by atoms with Gasteiger partial charge >= 0.3 is 0 Å². The summed E-state index contributed by atoms with van der Waals surface area (Å²) >= 11 is 0. The molecule has 1 aromatic carbocycles. The molecule has 0 aromatic heterocycles. The van der Waals surface area contributed by atoms with E-state index in [-0.39, 0.29) is 11.7 Å². The Morgan fingerprint density at radius 1 is 1.58 bits per heavy atom. The Kier molecular flexibility index (Phi) is 2.33. The first-order valence-electron chi connectivity index (χ1n) is 3.69. The van der Waals surface area contributed by atoms with Crippen molar-refractivity contribution in [2.24, 2.45) is 0 Å². The minimum absolute atomic E-state index is 0.0783. The van der Waals surface area contributed by atoms with E-state index in [0.717, 1.165) is 6.29 Å². The van der Waals surface area contributed by atoms with E-state index in [4.69, 9.17) is 5.73 Å². The SMILES string of the molecule is CC(C=O)c1ccc(N)cc1O. The van der Waals surface area contributed by atoms with Crippen molar-refractivity contribution in [1.82, 2.24) is 0 Å². The maximum absolute atomic E-state index is 10.4. The number of hydrogen-bond donors (Lipinski definition) is 2. The summed E-state index contributed by atoms with van der Waals surface area (Å²) in [5.41, 5.74) is 6.53. The van der Waals surface area contributed by atoms with Crippen molar-refractivity contribution < 1.29 is 9.90 Å². The van der Waals surface area contributed by atoms with Crippen LogP contribution in [0.5, 0.6) is 5.75 Å². The molecule has 1 unspecified atom stereocenters. The van der Waals surface area contributed by atoms with Gasteiger partial charge in [0.15, 0.2) is 0 Å². The standard InChI is InChI=1S/C9H11NO2/c1-6(5-11)8-3-2-7(10)4-9(8)12/h2-6,12H,10H2,1H3. The van der Waals surface area contributed by atoms with Crippen molar-refractivity contribution in [3.8, 4) is 5.75 Å². The Bertz CT molecular complexity index is 297. The van der Waals surface area contributed by atoms with E-state index in [9.17, 15) is 9.90 Å². The Morgan fingerprint density at radius 2 is 2.25 bits per heavy atom. The number of nitrogen functional groups attached to an aromatic ring is 1. The minimum Gasteiger partial charge on any atom is -0.508 e. The molecule has 1 atom stereocenters. The van der Waals surface area contributed by atoms with Crippen LogP contribution in [0.4, 0.5) is 5.69 Å². The zero-order chi connectivity index (χ0) is 9.14. The molecule has 3 N–H and O–H groups in total. The summed E-state index contributed by atoms with van der Waals surface area (Å²) in [6.07, 6.45) is 0.783. The Labute approximate surface area is 70.8 Å². The smallest absolute Gasteiger partial charge is 0.127 e. The average Bonchev–Trinajstić information content (AvgIpc) is 2.03. The quantitative estimate of drug-likeness (QED) is 0.512. The highest BCUT2D eigenvalue weighted by Gasteiger charge is 2.08. The molecule has 0 saturated heterocycles. The minimum atomic E-state index is -0.286. The predicted octanol–water partition coefficient (Wildman–Crippen LogP) is 1.28. The van der Waals surface area contributed by atoms with E-state index in [1.54, 1.807) is 19.1 Å². The summed E-state index contributed by atoms with van der Waals surface area (Å²) in [7, 11) is 0. The molecule has 1 aromatic rings. The van der Waals surface area contributed by atoms with Gasteiger partial charge in [-0.25, -0.2) is 0 Å². The molecular formula is C9H11NO2. The van der Waals surface area contributed by atoms with Gasteiger partial charge in [0.2, 0.25) is 0 Å². The maximum Gasteiger partial charge on any atom is 0.127 e. The fourth-order valence-electron chi connectivity index (χ4n) is 1.02. The molecule has 0 aliphatic carbocycles. The molecular weight excluding hydrogens is 154 g/mol. The van der Waals surface area contributed by atoms with Crippen LogP contribution in [0.15, 0.2) is 18.2 Å². The molecule has 3 nitrogen and oxygen atoms in total. The zero-order valence-corrected chi connectivity index (χ0v) is 6.82. The summed E-state index contributed by atoms with van der Waals surface area (Å²) in [5, 5.41) is 9.35. The van der Waals surface area contributed by atoms with Gasteiger partial charge in [0.1, 0.15) is 12.0 Å². The van der Waals surface area contributed by atoms with E-state index in [0.29, 0.717) is 11.3 Å². The third-order valence-electron chi connectivity index (χ3n) is 1.75. The maximum atomic E-state index is 10.4. The van der Waals surface area contributed by atoms with Gasteiger partial charge in [-0.2, -0.15) is 0 Å². The van der Waals surface area contributed by atoms with Crippen molar-refractivity contribution in [3.63, 3.8) is 0 Å². The zero-order valence-electron chi connectivity index (χ0n) is 6.82. The summed E-state index contributed by atoms with van der Waals surface area (Å²) < 4.78 is 0. The van der Waals surface area contributed by atoms with Crippen LogP contribution in [-0.2, 0) is 4.79 Å². The van der Waals surface area contributed by atoms with E-state index in [2.05, 4.69) is 0 Å². The Hall–Kier alpha value is -1.51. The van der Waals surface area contributed by atoms with Gasteiger partial charge in [0, 0.05) is 23.2 Å². The second-order valence-corrected chi connectivity index (χ2v) is 2.74. The summed E-state index contributed by atoms with van der Waals surface area (Å²) in [4.78, 5) is 10.4. The molecule has 12 heavy (non-hydrogen) atoms. The molecule has 0 saturated carbocycles. The third-order valence-corrected chi connectivity index (χ3v) is 1.75. The monoisotopic (exact) mass is 165 g/mol. The van der Waals surface area contributed by atoms with Crippen molar-refractivity contribution in [3.05, 3.63) is 23.8 Å². The van der Waals surface area contributed by atoms with Crippen LogP contribution in [-0.4, -0.2) is 11.4 Å². The number of phenolic OH excluding ortho intramolecular Hbond substituents is 1. The second kappa shape index (κ2) is 3.26. The molecule has 0 heterocycles. The number of nitrogens with two attached hydrogens (primary N) is 1. The normalized spacial score (nSPS) is 12.4. The van der Waals surface area contributed by atoms with E-state index in [1.807, 2.05) is 0 Å². The summed E-state index contributed by atoms with van der Waals surface area (Å²) in [5.74, 6) is -0.208. The van der Waals surface area contributed by atoms with Gasteiger partial charge in [-0.3, -0.25) is 0 Å². The van der Waals surface area contributed by atoms with E-state index in [1.165, 1.54) is 6.07 Å². The first-order chi connectivity index (χ1) is 5.65. The highest BCUT2D eigenvalue weighted by molar-refractivity contribution is 5.65. The van der Waals surface area contributed by atoms with Gasteiger partial charge in [-0.15, -0.1) is 0 Å². The molecule has 3 heteroatoms. The number of benzene rings is 1. The van der Waals surface area contributed by atoms with Gasteiger partial charge in [-0.05, 0) is 6.07 Å². The van der Waals surface area contributed by atoms with Crippen LogP contribution in [0.2, 0.25) is 0 Å². The molecule has 0 radical (unpaired) electrons. The average molecular weight is 165 g/mol. The first-order valence-corrected chi connectivity index (χ1v) is 3.69. The molecule has 0 aliphatic heterocycles.